The van der Waals surface area contributed by atoms with Crippen molar-refractivity contribution in [2.24, 2.45) is 0 Å². The third-order valence-electron chi connectivity index (χ3n) is 2.62. The summed E-state index contributed by atoms with van der Waals surface area (Å²) >= 11 is 0. The first-order valence-electron chi connectivity index (χ1n) is 6.24. The van der Waals surface area contributed by atoms with Crippen molar-refractivity contribution in [2.45, 2.75) is 20.0 Å². The summed E-state index contributed by atoms with van der Waals surface area (Å²) in [7, 11) is 0. The minimum absolute atomic E-state index is 0. The summed E-state index contributed by atoms with van der Waals surface area (Å²) in [4.78, 5) is 11.1. The maximum absolute atomic E-state index is 11.1. The fourth-order valence-electron chi connectivity index (χ4n) is 1.88. The van der Waals surface area contributed by atoms with E-state index in [1.54, 1.807) is 0 Å². The monoisotopic (exact) mass is 366 g/mol. The predicted octanol–water partition coefficient (Wildman–Crippen LogP) is 2.65. The van der Waals surface area contributed by atoms with Gasteiger partial charge in [-0.3, -0.25) is 4.79 Å². The van der Waals surface area contributed by atoms with Crippen molar-refractivity contribution in [3.8, 4) is 0 Å². The van der Waals surface area contributed by atoms with E-state index >= 15 is 0 Å². The molecule has 1 saturated carbocycles. The van der Waals surface area contributed by atoms with Gasteiger partial charge in [0.25, 0.3) is 0 Å². The van der Waals surface area contributed by atoms with Crippen molar-refractivity contribution in [2.75, 3.05) is 0 Å². The zero-order valence-corrected chi connectivity index (χ0v) is 14.3. The summed E-state index contributed by atoms with van der Waals surface area (Å²) in [5.74, 6) is 1.93. The molecule has 6 radical (unpaired) electrons. The summed E-state index contributed by atoms with van der Waals surface area (Å²) in [6, 6.07) is 9.98. The van der Waals surface area contributed by atoms with E-state index < -0.39 is 0 Å². The van der Waals surface area contributed by atoms with Crippen LogP contribution >= 0.6 is 0 Å². The molecule has 6 heteroatoms. The fourth-order valence-corrected chi connectivity index (χ4v) is 1.88. The molecule has 2 rings (SSSR count). The van der Waals surface area contributed by atoms with Gasteiger partial charge in [-0.25, -0.2) is 0 Å². The van der Waals surface area contributed by atoms with Crippen molar-refractivity contribution >= 4 is 5.97 Å². The fraction of sp³-hybridized carbons (Fsp3) is 0.167. The molecular formula is C18H15MnO5. The van der Waals surface area contributed by atoms with Crippen LogP contribution in [0.2, 0.25) is 0 Å². The van der Waals surface area contributed by atoms with E-state index in [9.17, 15) is 4.79 Å². The van der Waals surface area contributed by atoms with E-state index in [-0.39, 0.29) is 29.1 Å². The maximum Gasteiger partial charge on any atom is 0 e. The van der Waals surface area contributed by atoms with Crippen LogP contribution in [0.15, 0.2) is 30.3 Å². The average Bonchev–Trinajstić information content (AvgIpc) is 2.62. The summed E-state index contributed by atoms with van der Waals surface area (Å²) in [6.07, 6.45) is 5.67. The summed E-state index contributed by atoms with van der Waals surface area (Å²) in [6.45, 7) is 17.0. The normalized spacial score (nSPS) is 16.1. The summed E-state index contributed by atoms with van der Waals surface area (Å²) in [5, 5.41) is 0. The molecule has 1 atom stereocenters. The van der Waals surface area contributed by atoms with E-state index in [1.807, 2.05) is 50.1 Å². The van der Waals surface area contributed by atoms with E-state index in [4.69, 9.17) is 18.7 Å². The van der Waals surface area contributed by atoms with Crippen LogP contribution < -0.4 is 0 Å². The van der Waals surface area contributed by atoms with Crippen LogP contribution in [0.25, 0.3) is 0 Å². The van der Waals surface area contributed by atoms with Gasteiger partial charge in [0.2, 0.25) is 0 Å². The number of ether oxygens (including phenoxy) is 1. The second-order valence-electron chi connectivity index (χ2n) is 4.10. The first-order chi connectivity index (χ1) is 11.2. The molecule has 0 spiro atoms. The van der Waals surface area contributed by atoms with E-state index in [0.717, 1.165) is 17.4 Å². The molecule has 1 aromatic rings. The molecule has 1 aliphatic carbocycles. The Morgan fingerprint density at radius 1 is 1.04 bits per heavy atom. The smallest absolute Gasteiger partial charge is 0 e. The molecule has 1 aliphatic rings. The van der Waals surface area contributed by atoms with E-state index in [0.29, 0.717) is 0 Å². The summed E-state index contributed by atoms with van der Waals surface area (Å²) < 4.78 is 27.8. The Kier molecular flexibility index (Phi) is 20.2. The zero-order chi connectivity index (χ0) is 18.3. The van der Waals surface area contributed by atoms with Crippen molar-refractivity contribution in [1.29, 1.82) is 0 Å². The topological polar surface area (TPSA) is 86.0 Å². The van der Waals surface area contributed by atoms with Crippen LogP contribution in [0.3, 0.4) is 0 Å². The van der Waals surface area contributed by atoms with Crippen molar-refractivity contribution in [1.82, 2.24) is 0 Å². The number of benzene rings is 1. The van der Waals surface area contributed by atoms with Gasteiger partial charge in [-0.15, -0.1) is 0 Å². The van der Waals surface area contributed by atoms with Crippen LogP contribution in [-0.2, 0) is 40.6 Å². The number of carbonyl (C=O) groups excluding carboxylic acids is 1. The largest absolute Gasteiger partial charge is 0 e. The molecule has 0 saturated heterocycles. The van der Waals surface area contributed by atoms with Crippen molar-refractivity contribution in [3.63, 3.8) is 0 Å². The molecule has 0 aliphatic heterocycles. The first-order valence-corrected chi connectivity index (χ1v) is 6.24. The van der Waals surface area contributed by atoms with Crippen LogP contribution in [0.4, 0.5) is 0 Å². The number of hydrogen-bond donors (Lipinski definition) is 0. The first kappa shape index (κ1) is 27.3. The molecule has 1 unspecified atom stereocenters. The molecule has 0 bridgehead atoms. The Morgan fingerprint density at radius 2 is 1.54 bits per heavy atom. The van der Waals surface area contributed by atoms with Gasteiger partial charge >= 0.3 is 39.9 Å². The second kappa shape index (κ2) is 17.8. The van der Waals surface area contributed by atoms with Gasteiger partial charge in [0.15, 0.2) is 0 Å². The average molecular weight is 366 g/mol. The number of hydrogen-bond acceptors (Lipinski definition) is 2. The Labute approximate surface area is 153 Å². The summed E-state index contributed by atoms with van der Waals surface area (Å²) in [5.41, 5.74) is 1.09. The molecule has 24 heavy (non-hydrogen) atoms. The molecule has 0 N–H and O–H groups in total. The standard InChI is InChI=1S/C15H15O2.3CO.Mn/c1-11-8-9-15(17-12(2)16)14(10-11)13-6-4-3-5-7-13;3*1-2;/h3-10,15H,1-2H3;;;;. The van der Waals surface area contributed by atoms with Crippen molar-refractivity contribution < 1.29 is 40.6 Å². The van der Waals surface area contributed by atoms with Crippen LogP contribution in [0, 0.1) is 51.0 Å². The number of esters is 1. The van der Waals surface area contributed by atoms with Gasteiger partial charge in [-0.2, -0.15) is 0 Å². The van der Waals surface area contributed by atoms with Crippen LogP contribution in [0.1, 0.15) is 19.4 Å². The molecule has 0 heterocycles. The molecule has 0 amide bonds. The van der Waals surface area contributed by atoms with Gasteiger partial charge in [-0.05, 0) is 24.3 Å². The molecular weight excluding hydrogens is 351 g/mol. The maximum atomic E-state index is 11.1. The number of carbonyl (C=O) groups is 1. The predicted molar refractivity (Wildman–Crippen MR) is 77.9 cm³/mol. The minimum Gasteiger partial charge on any atom is 0 e. The second-order valence-corrected chi connectivity index (χ2v) is 4.10. The molecule has 5 nitrogen and oxygen atoms in total. The van der Waals surface area contributed by atoms with Crippen LogP contribution in [-0.4, -0.2) is 12.1 Å². The van der Waals surface area contributed by atoms with E-state index in [2.05, 4.69) is 26.4 Å². The van der Waals surface area contributed by atoms with Gasteiger partial charge in [0.1, 0.15) is 6.10 Å². The SMILES string of the molecule is C[C]1[CH][CH]C(OC(C)=O)[C](c2ccccc2)[CH]1.[C-]#[O+].[C-]#[O+].[C-]#[O+].[Mn]. The molecule has 1 fully saturated rings. The molecule has 0 aromatic heterocycles. The third-order valence-corrected chi connectivity index (χ3v) is 2.62. The minimum atomic E-state index is -0.279. The Bertz CT molecular complexity index is 481. The Morgan fingerprint density at radius 3 is 2.00 bits per heavy atom. The third kappa shape index (κ3) is 10.3. The van der Waals surface area contributed by atoms with Gasteiger partial charge in [0.05, 0.1) is 0 Å². The molecule has 124 valence electrons. The van der Waals surface area contributed by atoms with E-state index in [1.165, 1.54) is 6.92 Å². The zero-order valence-electron chi connectivity index (χ0n) is 13.1. The number of rotatable bonds is 2. The van der Waals surface area contributed by atoms with Gasteiger partial charge < -0.3 is 4.74 Å². The Balaban J connectivity index is -0.000000569. The van der Waals surface area contributed by atoms with Crippen molar-refractivity contribution in [3.05, 3.63) is 86.9 Å². The van der Waals surface area contributed by atoms with Gasteiger partial charge in [0, 0.05) is 36.3 Å². The quantitative estimate of drug-likeness (QED) is 0.349. The Hall–Kier alpha value is -1.57. The van der Waals surface area contributed by atoms with Gasteiger partial charge in [-0.1, -0.05) is 37.3 Å². The molecule has 1 aromatic carbocycles. The van der Waals surface area contributed by atoms with Crippen LogP contribution in [0.5, 0.6) is 0 Å².